The second-order valence-corrected chi connectivity index (χ2v) is 5.65. The van der Waals surface area contributed by atoms with Crippen molar-refractivity contribution in [2.24, 2.45) is 18.7 Å². The van der Waals surface area contributed by atoms with Gasteiger partial charge in [-0.25, -0.2) is 0 Å². The lowest BCUT2D eigenvalue weighted by Gasteiger charge is -2.22. The number of nitriles is 1. The predicted molar refractivity (Wildman–Crippen MR) is 76.3 cm³/mol. The van der Waals surface area contributed by atoms with Crippen LogP contribution >= 0.6 is 15.9 Å². The number of carbonyl (C=O) groups is 1. The van der Waals surface area contributed by atoms with Crippen LogP contribution in [0.4, 0.5) is 5.82 Å². The van der Waals surface area contributed by atoms with Gasteiger partial charge < -0.3 is 5.73 Å². The molecule has 104 valence electrons. The van der Waals surface area contributed by atoms with E-state index in [1.807, 2.05) is 19.9 Å². The Bertz CT molecular complexity index is 491. The summed E-state index contributed by atoms with van der Waals surface area (Å²) in [6.45, 7) is 3.93. The largest absolute Gasteiger partial charge is 0.320 e. The summed E-state index contributed by atoms with van der Waals surface area (Å²) in [5, 5.41) is 13.1. The quantitative estimate of drug-likeness (QED) is 0.828. The smallest absolute Gasteiger partial charge is 0.246 e. The number of amides is 1. The van der Waals surface area contributed by atoms with Crippen molar-refractivity contribution in [2.45, 2.75) is 26.3 Å². The van der Waals surface area contributed by atoms with Gasteiger partial charge in [0.05, 0.1) is 16.6 Å². The van der Waals surface area contributed by atoms with Crippen molar-refractivity contribution in [1.29, 1.82) is 5.26 Å². The van der Waals surface area contributed by atoms with Crippen molar-refractivity contribution >= 4 is 27.7 Å². The highest BCUT2D eigenvalue weighted by molar-refractivity contribution is 9.10. The number of aromatic nitrogens is 2. The molecule has 0 aliphatic rings. The van der Waals surface area contributed by atoms with Gasteiger partial charge in [-0.3, -0.25) is 14.4 Å². The van der Waals surface area contributed by atoms with E-state index in [0.29, 0.717) is 22.6 Å². The number of aryl methyl sites for hydroxylation is 1. The fraction of sp³-hybridized carbons (Fsp3) is 0.583. The molecule has 19 heavy (non-hydrogen) atoms. The first-order valence-electron chi connectivity index (χ1n) is 5.99. The molecule has 0 spiro atoms. The molecule has 1 atom stereocenters. The maximum absolute atomic E-state index is 12.3. The first-order chi connectivity index (χ1) is 8.86. The van der Waals surface area contributed by atoms with Gasteiger partial charge in [0.1, 0.15) is 6.54 Å². The van der Waals surface area contributed by atoms with Gasteiger partial charge in [0.15, 0.2) is 5.82 Å². The highest BCUT2D eigenvalue weighted by atomic mass is 79.9. The van der Waals surface area contributed by atoms with E-state index in [1.54, 1.807) is 17.9 Å². The fourth-order valence-corrected chi connectivity index (χ4v) is 2.36. The lowest BCUT2D eigenvalue weighted by Crippen LogP contribution is -2.45. The third-order valence-corrected chi connectivity index (χ3v) is 3.12. The number of halogens is 1. The lowest BCUT2D eigenvalue weighted by atomic mass is 10.0. The normalized spacial score (nSPS) is 12.3. The first kappa shape index (κ1) is 15.7. The summed E-state index contributed by atoms with van der Waals surface area (Å²) in [5.41, 5.74) is 5.89. The van der Waals surface area contributed by atoms with Crippen molar-refractivity contribution in [2.75, 3.05) is 11.4 Å². The van der Waals surface area contributed by atoms with Gasteiger partial charge >= 0.3 is 0 Å². The molecule has 0 saturated heterocycles. The average Bonchev–Trinajstić information content (AvgIpc) is 2.63. The topological polar surface area (TPSA) is 87.9 Å². The van der Waals surface area contributed by atoms with E-state index in [-0.39, 0.29) is 12.5 Å². The molecule has 0 fully saturated rings. The summed E-state index contributed by atoms with van der Waals surface area (Å²) >= 11 is 3.33. The Morgan fingerprint density at radius 2 is 2.32 bits per heavy atom. The molecule has 0 aliphatic heterocycles. The molecule has 6 nitrogen and oxygen atoms in total. The number of carbonyl (C=O) groups excluding carboxylic acids is 1. The Morgan fingerprint density at radius 3 is 2.74 bits per heavy atom. The van der Waals surface area contributed by atoms with Crippen LogP contribution in [0, 0.1) is 17.2 Å². The van der Waals surface area contributed by atoms with Crippen molar-refractivity contribution < 1.29 is 4.79 Å². The van der Waals surface area contributed by atoms with Crippen molar-refractivity contribution in [1.82, 2.24) is 9.78 Å². The van der Waals surface area contributed by atoms with E-state index in [2.05, 4.69) is 21.0 Å². The molecule has 0 aromatic carbocycles. The van der Waals surface area contributed by atoms with Gasteiger partial charge in [0, 0.05) is 13.2 Å². The van der Waals surface area contributed by atoms with Crippen LogP contribution in [-0.4, -0.2) is 28.3 Å². The fourth-order valence-electron chi connectivity index (χ4n) is 1.77. The number of hydrogen-bond donors (Lipinski definition) is 1. The molecule has 1 amide bonds. The number of hydrogen-bond acceptors (Lipinski definition) is 4. The van der Waals surface area contributed by atoms with Crippen LogP contribution in [0.1, 0.15) is 20.3 Å². The second kappa shape index (κ2) is 6.68. The first-order valence-corrected chi connectivity index (χ1v) is 6.79. The van der Waals surface area contributed by atoms with Crippen LogP contribution in [0.5, 0.6) is 0 Å². The molecule has 1 aromatic rings. The molecule has 1 heterocycles. The zero-order valence-electron chi connectivity index (χ0n) is 11.3. The van der Waals surface area contributed by atoms with E-state index >= 15 is 0 Å². The van der Waals surface area contributed by atoms with Crippen LogP contribution < -0.4 is 10.6 Å². The number of rotatable bonds is 5. The lowest BCUT2D eigenvalue weighted by molar-refractivity contribution is -0.120. The highest BCUT2D eigenvalue weighted by Crippen LogP contribution is 2.24. The summed E-state index contributed by atoms with van der Waals surface area (Å²) < 4.78 is 2.24. The third-order valence-electron chi connectivity index (χ3n) is 2.56. The van der Waals surface area contributed by atoms with E-state index in [1.165, 1.54) is 4.90 Å². The second-order valence-electron chi connectivity index (χ2n) is 4.79. The molecular weight excluding hydrogens is 310 g/mol. The molecule has 7 heteroatoms. The molecular formula is C12H18BrN5O. The zero-order valence-corrected chi connectivity index (χ0v) is 12.9. The summed E-state index contributed by atoms with van der Waals surface area (Å²) in [6.07, 6.45) is 2.30. The standard InChI is InChI=1S/C12H18BrN5O/c1-8(2)6-10(15)12(19)18(5-4-14)11-9(13)7-17(3)16-11/h7-8,10H,5-6,15H2,1-3H3/t10-/m0/s1. The van der Waals surface area contributed by atoms with Crippen LogP contribution in [0.3, 0.4) is 0 Å². The minimum absolute atomic E-state index is 0.0692. The molecule has 0 saturated carbocycles. The van der Waals surface area contributed by atoms with Crippen molar-refractivity contribution in [3.8, 4) is 6.07 Å². The van der Waals surface area contributed by atoms with E-state index in [4.69, 9.17) is 11.0 Å². The Hall–Kier alpha value is -1.39. The number of nitrogens with two attached hydrogens (primary N) is 1. The van der Waals surface area contributed by atoms with Crippen LogP contribution in [0.15, 0.2) is 10.7 Å². The van der Waals surface area contributed by atoms with Gasteiger partial charge in [-0.05, 0) is 28.3 Å². The molecule has 0 bridgehead atoms. The average molecular weight is 328 g/mol. The summed E-state index contributed by atoms with van der Waals surface area (Å²) in [7, 11) is 1.75. The van der Waals surface area contributed by atoms with Gasteiger partial charge in [0.2, 0.25) is 5.91 Å². The monoisotopic (exact) mass is 327 g/mol. The van der Waals surface area contributed by atoms with Gasteiger partial charge in [0.25, 0.3) is 0 Å². The predicted octanol–water partition coefficient (Wildman–Crippen LogP) is 1.41. The minimum atomic E-state index is -0.623. The molecule has 2 N–H and O–H groups in total. The summed E-state index contributed by atoms with van der Waals surface area (Å²) in [5.74, 6) is 0.456. The zero-order chi connectivity index (χ0) is 14.6. The minimum Gasteiger partial charge on any atom is -0.320 e. The van der Waals surface area contributed by atoms with E-state index < -0.39 is 6.04 Å². The maximum atomic E-state index is 12.3. The van der Waals surface area contributed by atoms with Crippen molar-refractivity contribution in [3.63, 3.8) is 0 Å². The molecule has 0 unspecified atom stereocenters. The molecule has 1 aromatic heterocycles. The van der Waals surface area contributed by atoms with Crippen LogP contribution in [0.25, 0.3) is 0 Å². The highest BCUT2D eigenvalue weighted by Gasteiger charge is 2.26. The Balaban J connectivity index is 2.98. The summed E-state index contributed by atoms with van der Waals surface area (Å²) in [4.78, 5) is 13.6. The van der Waals surface area contributed by atoms with Crippen molar-refractivity contribution in [3.05, 3.63) is 10.7 Å². The van der Waals surface area contributed by atoms with Gasteiger partial charge in [-0.2, -0.15) is 10.4 Å². The Morgan fingerprint density at radius 1 is 1.68 bits per heavy atom. The maximum Gasteiger partial charge on any atom is 0.246 e. The van der Waals surface area contributed by atoms with Gasteiger partial charge in [-0.15, -0.1) is 0 Å². The Labute approximate surface area is 121 Å². The summed E-state index contributed by atoms with van der Waals surface area (Å²) in [6, 6.07) is 1.35. The van der Waals surface area contributed by atoms with E-state index in [9.17, 15) is 4.79 Å². The SMILES string of the molecule is CC(C)C[C@H](N)C(=O)N(CC#N)c1nn(C)cc1Br. The third kappa shape index (κ3) is 4.04. The Kier molecular flexibility index (Phi) is 5.51. The van der Waals surface area contributed by atoms with Gasteiger partial charge in [-0.1, -0.05) is 13.8 Å². The molecule has 0 radical (unpaired) electrons. The van der Waals surface area contributed by atoms with E-state index in [0.717, 1.165) is 0 Å². The number of anilines is 1. The van der Waals surface area contributed by atoms with Crippen LogP contribution in [-0.2, 0) is 11.8 Å². The van der Waals surface area contributed by atoms with Crippen LogP contribution in [0.2, 0.25) is 0 Å². The molecule has 1 rings (SSSR count). The molecule has 0 aliphatic carbocycles. The number of nitrogens with zero attached hydrogens (tertiary/aromatic N) is 4.